The second-order valence-electron chi connectivity index (χ2n) is 3.35. The van der Waals surface area contributed by atoms with E-state index in [9.17, 15) is 0 Å². The van der Waals surface area contributed by atoms with Crippen molar-refractivity contribution in [1.82, 2.24) is 5.32 Å². The SMILES string of the molecule is CC1CC2C(C)C2N1. The molecule has 2 fully saturated rings. The first-order chi connectivity index (χ1) is 3.79. The molecule has 1 saturated carbocycles. The van der Waals surface area contributed by atoms with Crippen LogP contribution >= 0.6 is 0 Å². The average Bonchev–Trinajstić information content (AvgIpc) is 2.29. The molecule has 1 aliphatic carbocycles. The molecule has 0 amide bonds. The van der Waals surface area contributed by atoms with Gasteiger partial charge >= 0.3 is 0 Å². The van der Waals surface area contributed by atoms with E-state index in [-0.39, 0.29) is 0 Å². The fourth-order valence-corrected chi connectivity index (χ4v) is 1.99. The molecule has 0 aromatic heterocycles. The molecule has 0 spiro atoms. The largest absolute Gasteiger partial charge is 0.311 e. The maximum Gasteiger partial charge on any atom is 0.0130 e. The summed E-state index contributed by atoms with van der Waals surface area (Å²) in [6.45, 7) is 4.62. The Balaban J connectivity index is 2.00. The van der Waals surface area contributed by atoms with Crippen LogP contribution in [0.1, 0.15) is 20.3 Å². The third-order valence-corrected chi connectivity index (χ3v) is 2.66. The molecule has 1 nitrogen and oxygen atoms in total. The number of rotatable bonds is 0. The lowest BCUT2D eigenvalue weighted by atomic mass is 10.2. The standard InChI is InChI=1S/C7H13N/c1-4-3-6-5(2)7(6)8-4/h4-8H,3H2,1-2H3. The molecule has 8 heavy (non-hydrogen) atoms. The summed E-state index contributed by atoms with van der Waals surface area (Å²) >= 11 is 0. The van der Waals surface area contributed by atoms with Gasteiger partial charge in [-0.05, 0) is 25.2 Å². The fourth-order valence-electron chi connectivity index (χ4n) is 1.99. The fraction of sp³-hybridized carbons (Fsp3) is 1.00. The van der Waals surface area contributed by atoms with Gasteiger partial charge in [0.2, 0.25) is 0 Å². The van der Waals surface area contributed by atoms with E-state index >= 15 is 0 Å². The molecule has 1 heteroatoms. The van der Waals surface area contributed by atoms with Crippen molar-refractivity contribution >= 4 is 0 Å². The normalized spacial score (nSPS) is 60.8. The number of fused-ring (bicyclic) bond motifs is 1. The summed E-state index contributed by atoms with van der Waals surface area (Å²) in [5.74, 6) is 2.04. The van der Waals surface area contributed by atoms with Gasteiger partial charge in [0.15, 0.2) is 0 Å². The van der Waals surface area contributed by atoms with E-state index in [1.54, 1.807) is 0 Å². The molecule has 1 heterocycles. The minimum Gasteiger partial charge on any atom is -0.311 e. The third kappa shape index (κ3) is 0.455. The summed E-state index contributed by atoms with van der Waals surface area (Å²) in [6, 6.07) is 1.71. The summed E-state index contributed by atoms with van der Waals surface area (Å²) in [5, 5.41) is 3.54. The molecule has 4 atom stereocenters. The molecule has 46 valence electrons. The molecule has 1 saturated heterocycles. The third-order valence-electron chi connectivity index (χ3n) is 2.66. The Kier molecular flexibility index (Phi) is 0.762. The molecule has 4 unspecified atom stereocenters. The lowest BCUT2D eigenvalue weighted by Gasteiger charge is -2.05. The van der Waals surface area contributed by atoms with Crippen molar-refractivity contribution in [2.45, 2.75) is 32.4 Å². The van der Waals surface area contributed by atoms with Gasteiger partial charge < -0.3 is 5.32 Å². The minimum absolute atomic E-state index is 0.807. The second kappa shape index (κ2) is 1.27. The Morgan fingerprint density at radius 2 is 2.12 bits per heavy atom. The van der Waals surface area contributed by atoms with E-state index < -0.39 is 0 Å². The van der Waals surface area contributed by atoms with Gasteiger partial charge in [0, 0.05) is 12.1 Å². The van der Waals surface area contributed by atoms with Crippen molar-refractivity contribution in [3.05, 3.63) is 0 Å². The van der Waals surface area contributed by atoms with E-state index in [4.69, 9.17) is 0 Å². The van der Waals surface area contributed by atoms with Crippen molar-refractivity contribution in [2.75, 3.05) is 0 Å². The average molecular weight is 111 g/mol. The predicted octanol–water partition coefficient (Wildman–Crippen LogP) is 1.00. The van der Waals surface area contributed by atoms with Crippen molar-refractivity contribution in [1.29, 1.82) is 0 Å². The Hall–Kier alpha value is -0.0400. The smallest absolute Gasteiger partial charge is 0.0130 e. The van der Waals surface area contributed by atoms with Crippen LogP contribution in [0.3, 0.4) is 0 Å². The van der Waals surface area contributed by atoms with Crippen molar-refractivity contribution < 1.29 is 0 Å². The van der Waals surface area contributed by atoms with E-state index in [0.717, 1.165) is 23.9 Å². The molecular formula is C7H13N. The molecule has 2 rings (SSSR count). The molecular weight excluding hydrogens is 98.1 g/mol. The van der Waals surface area contributed by atoms with Gasteiger partial charge in [-0.1, -0.05) is 6.92 Å². The Morgan fingerprint density at radius 3 is 2.50 bits per heavy atom. The summed E-state index contributed by atoms with van der Waals surface area (Å²) in [6.07, 6.45) is 1.42. The highest BCUT2D eigenvalue weighted by Crippen LogP contribution is 2.46. The first-order valence-corrected chi connectivity index (χ1v) is 3.55. The maximum atomic E-state index is 3.54. The Morgan fingerprint density at radius 1 is 1.38 bits per heavy atom. The van der Waals surface area contributed by atoms with Gasteiger partial charge in [0.25, 0.3) is 0 Å². The van der Waals surface area contributed by atoms with Gasteiger partial charge in [-0.25, -0.2) is 0 Å². The van der Waals surface area contributed by atoms with E-state index in [1.165, 1.54) is 6.42 Å². The summed E-state index contributed by atoms with van der Waals surface area (Å²) < 4.78 is 0. The molecule has 0 aromatic carbocycles. The number of piperidine rings is 1. The van der Waals surface area contributed by atoms with Gasteiger partial charge in [-0.3, -0.25) is 0 Å². The zero-order valence-electron chi connectivity index (χ0n) is 5.52. The minimum atomic E-state index is 0.807. The van der Waals surface area contributed by atoms with Crippen LogP contribution in [0.5, 0.6) is 0 Å². The van der Waals surface area contributed by atoms with Crippen LogP contribution in [0, 0.1) is 11.8 Å². The van der Waals surface area contributed by atoms with Crippen molar-refractivity contribution in [2.24, 2.45) is 11.8 Å². The van der Waals surface area contributed by atoms with Gasteiger partial charge in [0.1, 0.15) is 0 Å². The van der Waals surface area contributed by atoms with Gasteiger partial charge in [-0.15, -0.1) is 0 Å². The van der Waals surface area contributed by atoms with E-state index in [0.29, 0.717) is 0 Å². The number of hydrogen-bond donors (Lipinski definition) is 1. The van der Waals surface area contributed by atoms with Gasteiger partial charge in [-0.2, -0.15) is 0 Å². The zero-order valence-corrected chi connectivity index (χ0v) is 5.52. The monoisotopic (exact) mass is 111 g/mol. The van der Waals surface area contributed by atoms with Crippen LogP contribution in [0.4, 0.5) is 0 Å². The van der Waals surface area contributed by atoms with E-state index in [1.807, 2.05) is 0 Å². The summed E-state index contributed by atoms with van der Waals surface area (Å²) in [5.41, 5.74) is 0. The Labute approximate surface area is 50.5 Å². The van der Waals surface area contributed by atoms with Crippen LogP contribution < -0.4 is 5.32 Å². The maximum absolute atomic E-state index is 3.54. The predicted molar refractivity (Wildman–Crippen MR) is 33.7 cm³/mol. The van der Waals surface area contributed by atoms with Crippen LogP contribution in [0.15, 0.2) is 0 Å². The van der Waals surface area contributed by atoms with Crippen molar-refractivity contribution in [3.8, 4) is 0 Å². The molecule has 0 bridgehead atoms. The van der Waals surface area contributed by atoms with Crippen LogP contribution in [-0.2, 0) is 0 Å². The lowest BCUT2D eigenvalue weighted by molar-refractivity contribution is 0.529. The number of hydrogen-bond acceptors (Lipinski definition) is 1. The Bertz CT molecular complexity index is 99.0. The first kappa shape index (κ1) is 4.80. The molecule has 0 aromatic rings. The van der Waals surface area contributed by atoms with Crippen LogP contribution in [0.25, 0.3) is 0 Å². The summed E-state index contributed by atoms with van der Waals surface area (Å²) in [7, 11) is 0. The topological polar surface area (TPSA) is 12.0 Å². The van der Waals surface area contributed by atoms with Gasteiger partial charge in [0.05, 0.1) is 0 Å². The first-order valence-electron chi connectivity index (χ1n) is 3.55. The lowest BCUT2D eigenvalue weighted by Crippen LogP contribution is -2.23. The highest BCUT2D eigenvalue weighted by atomic mass is 15.1. The van der Waals surface area contributed by atoms with Crippen LogP contribution in [-0.4, -0.2) is 12.1 Å². The molecule has 2 aliphatic rings. The molecule has 1 N–H and O–H groups in total. The highest BCUT2D eigenvalue weighted by molar-refractivity contribution is 5.07. The molecule has 0 radical (unpaired) electrons. The second-order valence-corrected chi connectivity index (χ2v) is 3.35. The van der Waals surface area contributed by atoms with Crippen LogP contribution in [0.2, 0.25) is 0 Å². The zero-order chi connectivity index (χ0) is 5.72. The molecule has 1 aliphatic heterocycles. The van der Waals surface area contributed by atoms with E-state index in [2.05, 4.69) is 19.2 Å². The number of nitrogens with one attached hydrogen (secondary N) is 1. The quantitative estimate of drug-likeness (QED) is 0.492. The highest BCUT2D eigenvalue weighted by Gasteiger charge is 2.51. The summed E-state index contributed by atoms with van der Waals surface area (Å²) in [4.78, 5) is 0. The van der Waals surface area contributed by atoms with Crippen molar-refractivity contribution in [3.63, 3.8) is 0 Å².